The number of piperazine rings is 1. The van der Waals surface area contributed by atoms with Crippen LogP contribution in [0.15, 0.2) is 23.1 Å². The highest BCUT2D eigenvalue weighted by Crippen LogP contribution is 2.21. The minimum atomic E-state index is -4.06. The van der Waals surface area contributed by atoms with E-state index in [0.717, 1.165) is 16.4 Å². The van der Waals surface area contributed by atoms with Gasteiger partial charge in [-0.1, -0.05) is 0 Å². The number of carbonyl (C=O) groups excluding carboxylic acids is 1. The van der Waals surface area contributed by atoms with Gasteiger partial charge in [-0.15, -0.1) is 0 Å². The normalized spacial score (nSPS) is 17.0. The number of halogens is 2. The third-order valence-corrected chi connectivity index (χ3v) is 5.45. The molecule has 24 heavy (non-hydrogen) atoms. The van der Waals surface area contributed by atoms with Crippen molar-refractivity contribution >= 4 is 16.1 Å². The van der Waals surface area contributed by atoms with Crippen LogP contribution in [0.1, 0.15) is 20.8 Å². The minimum Gasteiger partial charge on any atom is -0.333 e. The molecule has 0 aliphatic carbocycles. The topological polar surface area (TPSA) is 69.7 Å². The summed E-state index contributed by atoms with van der Waals surface area (Å²) < 4.78 is 52.8. The molecule has 1 fully saturated rings. The Labute approximate surface area is 140 Å². The summed E-state index contributed by atoms with van der Waals surface area (Å²) in [6, 6.07) is 2.09. The lowest BCUT2D eigenvalue weighted by molar-refractivity contribution is 0.165. The summed E-state index contributed by atoms with van der Waals surface area (Å²) in [6.45, 7) is 6.05. The molecule has 1 aromatic carbocycles. The SMILES string of the molecule is CC(C)(C)NC(=O)N1CCN(S(=O)(=O)c2ccc(F)cc2F)CC1. The molecule has 0 spiro atoms. The molecule has 1 aromatic rings. The number of carbonyl (C=O) groups is 1. The molecule has 1 aliphatic rings. The zero-order valence-corrected chi connectivity index (χ0v) is 14.7. The van der Waals surface area contributed by atoms with Crippen LogP contribution in [0.4, 0.5) is 13.6 Å². The highest BCUT2D eigenvalue weighted by molar-refractivity contribution is 7.89. The molecule has 0 atom stereocenters. The second-order valence-electron chi connectivity index (χ2n) is 6.65. The molecule has 9 heteroatoms. The Morgan fingerprint density at radius 1 is 1.12 bits per heavy atom. The Morgan fingerprint density at radius 3 is 2.21 bits per heavy atom. The molecule has 2 amide bonds. The van der Waals surface area contributed by atoms with E-state index in [4.69, 9.17) is 0 Å². The highest BCUT2D eigenvalue weighted by atomic mass is 32.2. The first-order chi connectivity index (χ1) is 11.0. The van der Waals surface area contributed by atoms with Gasteiger partial charge in [0.25, 0.3) is 0 Å². The monoisotopic (exact) mass is 361 g/mol. The molecule has 1 aliphatic heterocycles. The number of urea groups is 1. The summed E-state index contributed by atoms with van der Waals surface area (Å²) in [5, 5.41) is 2.81. The van der Waals surface area contributed by atoms with Gasteiger partial charge < -0.3 is 10.2 Å². The number of rotatable bonds is 2. The maximum Gasteiger partial charge on any atom is 0.317 e. The predicted octanol–water partition coefficient (Wildman–Crippen LogP) is 1.78. The lowest BCUT2D eigenvalue weighted by Gasteiger charge is -2.35. The van der Waals surface area contributed by atoms with E-state index >= 15 is 0 Å². The van der Waals surface area contributed by atoms with E-state index in [0.29, 0.717) is 6.07 Å². The van der Waals surface area contributed by atoms with Crippen LogP contribution in [0.25, 0.3) is 0 Å². The number of benzene rings is 1. The van der Waals surface area contributed by atoms with Gasteiger partial charge in [-0.3, -0.25) is 0 Å². The van der Waals surface area contributed by atoms with Crippen molar-refractivity contribution in [2.24, 2.45) is 0 Å². The smallest absolute Gasteiger partial charge is 0.317 e. The third kappa shape index (κ3) is 4.21. The van der Waals surface area contributed by atoms with E-state index in [1.807, 2.05) is 20.8 Å². The van der Waals surface area contributed by atoms with Crippen LogP contribution in [-0.4, -0.2) is 55.4 Å². The van der Waals surface area contributed by atoms with Crippen LogP contribution in [0.5, 0.6) is 0 Å². The average Bonchev–Trinajstić information content (AvgIpc) is 2.45. The summed E-state index contributed by atoms with van der Waals surface area (Å²) in [4.78, 5) is 13.0. The maximum absolute atomic E-state index is 13.8. The van der Waals surface area contributed by atoms with Crippen molar-refractivity contribution in [3.05, 3.63) is 29.8 Å². The number of hydrogen-bond acceptors (Lipinski definition) is 3. The quantitative estimate of drug-likeness (QED) is 0.873. The lowest BCUT2D eigenvalue weighted by Crippen LogP contribution is -2.55. The number of nitrogens with one attached hydrogen (secondary N) is 1. The Kier molecular flexibility index (Phi) is 5.14. The van der Waals surface area contributed by atoms with E-state index in [1.54, 1.807) is 0 Å². The van der Waals surface area contributed by atoms with Crippen LogP contribution in [0.3, 0.4) is 0 Å². The summed E-state index contributed by atoms with van der Waals surface area (Å²) in [5.74, 6) is -1.96. The number of sulfonamides is 1. The zero-order valence-electron chi connectivity index (χ0n) is 13.8. The van der Waals surface area contributed by atoms with Crippen LogP contribution in [0.2, 0.25) is 0 Å². The molecule has 0 bridgehead atoms. The van der Waals surface area contributed by atoms with Crippen molar-refractivity contribution < 1.29 is 22.0 Å². The van der Waals surface area contributed by atoms with Gasteiger partial charge in [0.15, 0.2) is 0 Å². The molecule has 1 saturated heterocycles. The van der Waals surface area contributed by atoms with Crippen LogP contribution in [-0.2, 0) is 10.0 Å². The predicted molar refractivity (Wildman–Crippen MR) is 85.0 cm³/mol. The Hall–Kier alpha value is -1.74. The minimum absolute atomic E-state index is 0.0523. The van der Waals surface area contributed by atoms with E-state index in [9.17, 15) is 22.0 Å². The Balaban J connectivity index is 2.07. The Bertz CT molecular complexity index is 724. The molecule has 134 valence electrons. The van der Waals surface area contributed by atoms with Crippen molar-refractivity contribution in [2.75, 3.05) is 26.2 Å². The fourth-order valence-corrected chi connectivity index (χ4v) is 3.82. The van der Waals surface area contributed by atoms with Crippen LogP contribution in [0, 0.1) is 11.6 Å². The lowest BCUT2D eigenvalue weighted by atomic mass is 10.1. The first kappa shape index (κ1) is 18.6. The highest BCUT2D eigenvalue weighted by Gasteiger charge is 2.32. The van der Waals surface area contributed by atoms with Crippen molar-refractivity contribution in [1.29, 1.82) is 0 Å². The Morgan fingerprint density at radius 2 is 1.71 bits per heavy atom. The van der Waals surface area contributed by atoms with Gasteiger partial charge in [-0.25, -0.2) is 22.0 Å². The summed E-state index contributed by atoms with van der Waals surface area (Å²) in [5.41, 5.74) is -0.391. The number of nitrogens with zero attached hydrogens (tertiary/aromatic N) is 2. The summed E-state index contributed by atoms with van der Waals surface area (Å²) >= 11 is 0. The molecule has 0 aromatic heterocycles. The van der Waals surface area contributed by atoms with E-state index in [2.05, 4.69) is 5.32 Å². The van der Waals surface area contributed by atoms with Gasteiger partial charge in [-0.05, 0) is 32.9 Å². The van der Waals surface area contributed by atoms with Crippen LogP contribution >= 0.6 is 0 Å². The molecule has 0 saturated carbocycles. The average molecular weight is 361 g/mol. The molecular weight excluding hydrogens is 340 g/mol. The van der Waals surface area contributed by atoms with Crippen molar-refractivity contribution in [1.82, 2.24) is 14.5 Å². The first-order valence-electron chi connectivity index (χ1n) is 7.53. The number of hydrogen-bond donors (Lipinski definition) is 1. The van der Waals surface area contributed by atoms with E-state index < -0.39 is 32.1 Å². The molecule has 1 heterocycles. The van der Waals surface area contributed by atoms with Gasteiger partial charge in [0.05, 0.1) is 0 Å². The fraction of sp³-hybridized carbons (Fsp3) is 0.533. The molecule has 0 radical (unpaired) electrons. The van der Waals surface area contributed by atoms with Crippen molar-refractivity contribution in [2.45, 2.75) is 31.2 Å². The van der Waals surface area contributed by atoms with Crippen molar-refractivity contribution in [3.63, 3.8) is 0 Å². The zero-order chi connectivity index (χ0) is 18.1. The molecule has 6 nitrogen and oxygen atoms in total. The molecular formula is C15H21F2N3O3S. The van der Waals surface area contributed by atoms with Gasteiger partial charge in [0, 0.05) is 37.8 Å². The van der Waals surface area contributed by atoms with Gasteiger partial charge in [0.2, 0.25) is 10.0 Å². The van der Waals surface area contributed by atoms with Gasteiger partial charge >= 0.3 is 6.03 Å². The fourth-order valence-electron chi connectivity index (χ4n) is 2.35. The largest absolute Gasteiger partial charge is 0.333 e. The standard InChI is InChI=1S/C15H21F2N3O3S/c1-15(2,3)18-14(21)19-6-8-20(9-7-19)24(22,23)13-5-4-11(16)10-12(13)17/h4-5,10H,6-9H2,1-3H3,(H,18,21). The summed E-state index contributed by atoms with van der Waals surface area (Å²) in [6.07, 6.45) is 0. The van der Waals surface area contributed by atoms with E-state index in [1.165, 1.54) is 4.90 Å². The molecule has 1 N–H and O–H groups in total. The summed E-state index contributed by atoms with van der Waals surface area (Å²) in [7, 11) is -4.06. The maximum atomic E-state index is 13.8. The second-order valence-corrected chi connectivity index (χ2v) is 8.55. The van der Waals surface area contributed by atoms with E-state index in [-0.39, 0.29) is 32.2 Å². The number of amides is 2. The molecule has 0 unspecified atom stereocenters. The second kappa shape index (κ2) is 6.64. The van der Waals surface area contributed by atoms with Gasteiger partial charge in [-0.2, -0.15) is 4.31 Å². The van der Waals surface area contributed by atoms with Crippen molar-refractivity contribution in [3.8, 4) is 0 Å². The first-order valence-corrected chi connectivity index (χ1v) is 8.97. The van der Waals surface area contributed by atoms with Gasteiger partial charge in [0.1, 0.15) is 16.5 Å². The third-order valence-electron chi connectivity index (χ3n) is 3.52. The molecule has 2 rings (SSSR count). The van der Waals surface area contributed by atoms with Crippen LogP contribution < -0.4 is 5.32 Å².